The van der Waals surface area contributed by atoms with E-state index < -0.39 is 0 Å². The number of nitrogen functional groups attached to an aromatic ring is 1. The van der Waals surface area contributed by atoms with Crippen LogP contribution in [0.3, 0.4) is 0 Å². The van der Waals surface area contributed by atoms with Gasteiger partial charge in [0.2, 0.25) is 0 Å². The molecule has 10 rings (SSSR count). The summed E-state index contributed by atoms with van der Waals surface area (Å²) in [6, 6.07) is 82.2. The molecule has 286 valence electrons. The highest BCUT2D eigenvalue weighted by atomic mass is 15.1. The molecule has 2 N–H and O–H groups in total. The smallest absolute Gasteiger partial charge is 0.0464 e. The first kappa shape index (κ1) is 36.5. The summed E-state index contributed by atoms with van der Waals surface area (Å²) in [4.78, 5) is 4.60. The van der Waals surface area contributed by atoms with Gasteiger partial charge in [-0.05, 0) is 147 Å². The third-order valence-electron chi connectivity index (χ3n) is 11.4. The monoisotopic (exact) mass is 769 g/mol. The lowest BCUT2D eigenvalue weighted by Gasteiger charge is -2.26. The molecule has 60 heavy (non-hydrogen) atoms. The first-order valence-corrected chi connectivity index (χ1v) is 20.5. The number of nitrogens with two attached hydrogens (primary N) is 1. The normalized spacial score (nSPS) is 11.2. The highest BCUT2D eigenvalue weighted by Crippen LogP contribution is 2.43. The third-order valence-corrected chi connectivity index (χ3v) is 11.4. The summed E-state index contributed by atoms with van der Waals surface area (Å²) >= 11 is 0. The highest BCUT2D eigenvalue weighted by Gasteiger charge is 2.17. The van der Waals surface area contributed by atoms with E-state index >= 15 is 0 Å². The Morgan fingerprint density at radius 1 is 0.317 bits per heavy atom. The third kappa shape index (κ3) is 6.93. The van der Waals surface area contributed by atoms with Crippen LogP contribution in [0.1, 0.15) is 5.56 Å². The van der Waals surface area contributed by atoms with E-state index in [-0.39, 0.29) is 0 Å². The molecule has 0 saturated carbocycles. The van der Waals surface area contributed by atoms with Crippen LogP contribution in [0, 0.1) is 6.92 Å². The number of nitrogens with zero attached hydrogens (tertiary/aromatic N) is 2. The molecule has 0 heterocycles. The van der Waals surface area contributed by atoms with Crippen molar-refractivity contribution in [3.8, 4) is 33.4 Å². The highest BCUT2D eigenvalue weighted by molar-refractivity contribution is 6.14. The largest absolute Gasteiger partial charge is 0.398 e. The second-order valence-corrected chi connectivity index (χ2v) is 15.3. The van der Waals surface area contributed by atoms with Crippen LogP contribution >= 0.6 is 0 Å². The summed E-state index contributed by atoms with van der Waals surface area (Å²) in [5, 5.41) is 4.57. The maximum atomic E-state index is 6.88. The van der Waals surface area contributed by atoms with Gasteiger partial charge in [0.05, 0.1) is 0 Å². The van der Waals surface area contributed by atoms with Gasteiger partial charge < -0.3 is 15.5 Å². The van der Waals surface area contributed by atoms with Crippen LogP contribution in [0.2, 0.25) is 0 Å². The van der Waals surface area contributed by atoms with Crippen molar-refractivity contribution >= 4 is 61.4 Å². The van der Waals surface area contributed by atoms with Gasteiger partial charge in [-0.25, -0.2) is 0 Å². The number of hydrogen-bond acceptors (Lipinski definition) is 3. The van der Waals surface area contributed by atoms with Gasteiger partial charge >= 0.3 is 0 Å². The fraction of sp³-hybridized carbons (Fsp3) is 0.0175. The van der Waals surface area contributed by atoms with Gasteiger partial charge in [-0.15, -0.1) is 0 Å². The topological polar surface area (TPSA) is 32.5 Å². The molecule has 0 aliphatic rings. The minimum absolute atomic E-state index is 0.768. The van der Waals surface area contributed by atoms with Gasteiger partial charge in [0.15, 0.2) is 0 Å². The minimum atomic E-state index is 0.768. The number of anilines is 7. The molecular weight excluding hydrogens is 727 g/mol. The lowest BCUT2D eigenvalue weighted by atomic mass is 9.89. The van der Waals surface area contributed by atoms with Crippen LogP contribution in [-0.4, -0.2) is 0 Å². The van der Waals surface area contributed by atoms with Crippen LogP contribution < -0.4 is 15.5 Å². The zero-order valence-corrected chi connectivity index (χ0v) is 33.4. The maximum Gasteiger partial charge on any atom is 0.0464 e. The van der Waals surface area contributed by atoms with E-state index in [2.05, 4.69) is 247 Å². The second kappa shape index (κ2) is 15.8. The van der Waals surface area contributed by atoms with E-state index in [0.717, 1.165) is 72.8 Å². The molecular formula is C57H43N3. The summed E-state index contributed by atoms with van der Waals surface area (Å²) in [5.41, 5.74) is 22.5. The van der Waals surface area contributed by atoms with Gasteiger partial charge in [0, 0.05) is 45.2 Å². The Bertz CT molecular complexity index is 3050. The minimum Gasteiger partial charge on any atom is -0.398 e. The molecule has 0 amide bonds. The number of rotatable bonds is 9. The van der Waals surface area contributed by atoms with E-state index in [1.54, 1.807) is 0 Å². The van der Waals surface area contributed by atoms with Gasteiger partial charge in [0.25, 0.3) is 0 Å². The molecule has 0 unspecified atom stereocenters. The quantitative estimate of drug-likeness (QED) is 0.148. The van der Waals surface area contributed by atoms with E-state index in [4.69, 9.17) is 5.73 Å². The first-order valence-electron chi connectivity index (χ1n) is 20.5. The van der Waals surface area contributed by atoms with Gasteiger partial charge in [-0.2, -0.15) is 0 Å². The number of fused-ring (bicyclic) bond motifs is 2. The van der Waals surface area contributed by atoms with E-state index in [0.29, 0.717) is 0 Å². The Labute approximate surface area is 351 Å². The van der Waals surface area contributed by atoms with Crippen molar-refractivity contribution in [2.75, 3.05) is 15.5 Å². The molecule has 0 atom stereocenters. The zero-order valence-electron chi connectivity index (χ0n) is 33.4. The van der Waals surface area contributed by atoms with Crippen LogP contribution in [-0.2, 0) is 0 Å². The molecule has 0 bridgehead atoms. The van der Waals surface area contributed by atoms with Gasteiger partial charge in [-0.3, -0.25) is 0 Å². The molecule has 0 spiro atoms. The van der Waals surface area contributed by atoms with Gasteiger partial charge in [-0.1, -0.05) is 146 Å². The lowest BCUT2D eigenvalue weighted by molar-refractivity contribution is 1.27. The van der Waals surface area contributed by atoms with Crippen LogP contribution in [0.25, 0.3) is 54.9 Å². The molecule has 10 aromatic rings. The standard InChI is InChI=1S/C57H43N3/c1-40-14-11-22-50(38-40)60(47-20-9-4-10-21-47)49-31-26-41(27-32-49)43-30-35-52-44(39-43)15-12-23-53(52)55-25-13-24-54-51(36-37-56(58)57(54)55)42-28-33-48(34-29-42)59(45-16-5-2-6-17-45)46-18-7-3-8-19-46/h2-39H,58H2,1H3. The molecule has 0 radical (unpaired) electrons. The van der Waals surface area contributed by atoms with Crippen molar-refractivity contribution in [2.45, 2.75) is 6.92 Å². The Morgan fingerprint density at radius 3 is 1.43 bits per heavy atom. The Kier molecular flexibility index (Phi) is 9.61. The lowest BCUT2D eigenvalue weighted by Crippen LogP contribution is -2.09. The second-order valence-electron chi connectivity index (χ2n) is 15.3. The molecule has 0 aliphatic heterocycles. The van der Waals surface area contributed by atoms with Crippen molar-refractivity contribution in [2.24, 2.45) is 0 Å². The average molecular weight is 770 g/mol. The molecule has 10 aromatic carbocycles. The zero-order chi connectivity index (χ0) is 40.4. The summed E-state index contributed by atoms with van der Waals surface area (Å²) in [6.45, 7) is 2.14. The van der Waals surface area contributed by atoms with Crippen molar-refractivity contribution in [3.63, 3.8) is 0 Å². The fourth-order valence-electron chi connectivity index (χ4n) is 8.59. The van der Waals surface area contributed by atoms with Crippen molar-refractivity contribution in [1.29, 1.82) is 0 Å². The predicted octanol–water partition coefficient (Wildman–Crippen LogP) is 15.8. The van der Waals surface area contributed by atoms with E-state index in [1.165, 1.54) is 27.5 Å². The van der Waals surface area contributed by atoms with E-state index in [9.17, 15) is 0 Å². The van der Waals surface area contributed by atoms with Gasteiger partial charge in [0.1, 0.15) is 0 Å². The number of hydrogen-bond donors (Lipinski definition) is 1. The van der Waals surface area contributed by atoms with E-state index in [1.807, 2.05) is 0 Å². The first-order chi connectivity index (χ1) is 29.6. The van der Waals surface area contributed by atoms with Crippen molar-refractivity contribution in [1.82, 2.24) is 0 Å². The average Bonchev–Trinajstić information content (AvgIpc) is 3.30. The van der Waals surface area contributed by atoms with Crippen LogP contribution in [0.4, 0.5) is 39.8 Å². The number of benzene rings is 10. The number of aryl methyl sites for hydroxylation is 1. The summed E-state index contributed by atoms with van der Waals surface area (Å²) in [6.07, 6.45) is 0. The van der Waals surface area contributed by atoms with Crippen LogP contribution in [0.15, 0.2) is 231 Å². The molecule has 0 fully saturated rings. The molecule has 3 nitrogen and oxygen atoms in total. The molecule has 0 saturated heterocycles. The summed E-state index contributed by atoms with van der Waals surface area (Å²) in [7, 11) is 0. The Hall–Kier alpha value is -7.88. The molecule has 0 aliphatic carbocycles. The van der Waals surface area contributed by atoms with Crippen molar-refractivity contribution in [3.05, 3.63) is 236 Å². The molecule has 0 aromatic heterocycles. The predicted molar refractivity (Wildman–Crippen MR) is 256 cm³/mol. The number of para-hydroxylation sites is 3. The maximum absolute atomic E-state index is 6.88. The summed E-state index contributed by atoms with van der Waals surface area (Å²) < 4.78 is 0. The van der Waals surface area contributed by atoms with Crippen LogP contribution in [0.5, 0.6) is 0 Å². The van der Waals surface area contributed by atoms with Crippen molar-refractivity contribution < 1.29 is 0 Å². The summed E-state index contributed by atoms with van der Waals surface area (Å²) in [5.74, 6) is 0. The SMILES string of the molecule is Cc1cccc(N(c2ccccc2)c2ccc(-c3ccc4c(-c5cccc6c(-c7ccc(N(c8ccccc8)c8ccccc8)cc7)ccc(N)c56)cccc4c3)cc2)c1. The molecule has 3 heteroatoms. The fourth-order valence-corrected chi connectivity index (χ4v) is 8.59. The Morgan fingerprint density at radius 2 is 0.817 bits per heavy atom. The Balaban J connectivity index is 0.990.